The number of nitrogens with zero attached hydrogens (tertiary/aromatic N) is 1. The highest BCUT2D eigenvalue weighted by Crippen LogP contribution is 2.46. The lowest BCUT2D eigenvalue weighted by Crippen LogP contribution is -2.49. The number of esters is 1. The molecule has 1 heterocycles. The fraction of sp³-hybridized carbons (Fsp3) is 0.300. The molecule has 0 aromatic heterocycles. The summed E-state index contributed by atoms with van der Waals surface area (Å²) in [6.07, 6.45) is 0. The zero-order valence-electron chi connectivity index (χ0n) is 14.4. The number of carbonyl (C=O) groups excluding carboxylic acids is 2. The maximum absolute atomic E-state index is 13.2. The summed E-state index contributed by atoms with van der Waals surface area (Å²) in [5.41, 5.74) is -0.119. The minimum atomic E-state index is -1.46. The van der Waals surface area contributed by atoms with E-state index in [-0.39, 0.29) is 5.91 Å². The Kier molecular flexibility index (Phi) is 3.71. The van der Waals surface area contributed by atoms with Crippen molar-refractivity contribution in [1.29, 1.82) is 0 Å². The van der Waals surface area contributed by atoms with Gasteiger partial charge in [0.2, 0.25) is 0 Å². The Morgan fingerprint density at radius 1 is 1.00 bits per heavy atom. The van der Waals surface area contributed by atoms with Crippen molar-refractivity contribution in [3.05, 3.63) is 65.7 Å². The molecule has 0 bridgehead atoms. The van der Waals surface area contributed by atoms with Gasteiger partial charge >= 0.3 is 5.97 Å². The molecule has 0 saturated carbocycles. The van der Waals surface area contributed by atoms with Crippen LogP contribution in [0.2, 0.25) is 0 Å². The second-order valence-electron chi connectivity index (χ2n) is 7.00. The van der Waals surface area contributed by atoms with Gasteiger partial charge < -0.3 is 9.64 Å². The van der Waals surface area contributed by atoms with Crippen LogP contribution < -0.4 is 4.90 Å². The van der Waals surface area contributed by atoms with Crippen LogP contribution in [-0.4, -0.2) is 24.5 Å². The van der Waals surface area contributed by atoms with E-state index >= 15 is 0 Å². The number of hydrogen-bond donors (Lipinski definition) is 0. The van der Waals surface area contributed by atoms with E-state index in [0.717, 1.165) is 5.69 Å². The monoisotopic (exact) mass is 323 g/mol. The van der Waals surface area contributed by atoms with Gasteiger partial charge in [-0.25, -0.2) is 0 Å². The predicted octanol–water partition coefficient (Wildman–Crippen LogP) is 3.29. The quantitative estimate of drug-likeness (QED) is 0.629. The summed E-state index contributed by atoms with van der Waals surface area (Å²) in [5.74, 6) is -0.827. The molecule has 0 spiro atoms. The molecular weight excluding hydrogens is 302 g/mol. The Labute approximate surface area is 142 Å². The molecule has 4 nitrogen and oxygen atoms in total. The summed E-state index contributed by atoms with van der Waals surface area (Å²) in [7, 11) is 1.69. The van der Waals surface area contributed by atoms with Gasteiger partial charge in [0.25, 0.3) is 5.91 Å². The van der Waals surface area contributed by atoms with Crippen LogP contribution in [0.1, 0.15) is 31.9 Å². The maximum atomic E-state index is 13.2. The fourth-order valence-electron chi connectivity index (χ4n) is 3.20. The molecule has 1 unspecified atom stereocenters. The summed E-state index contributed by atoms with van der Waals surface area (Å²) < 4.78 is 5.67. The second kappa shape index (κ2) is 5.48. The number of ether oxygens (including phenoxy) is 1. The molecule has 2 aromatic carbocycles. The summed E-state index contributed by atoms with van der Waals surface area (Å²) in [6, 6.07) is 16.5. The average Bonchev–Trinajstić information content (AvgIpc) is 2.76. The Morgan fingerprint density at radius 3 is 2.21 bits per heavy atom. The smallest absolute Gasteiger partial charge is 0.331 e. The third-order valence-electron chi connectivity index (χ3n) is 4.21. The molecule has 0 fully saturated rings. The first-order valence-electron chi connectivity index (χ1n) is 7.95. The lowest BCUT2D eigenvalue weighted by Gasteiger charge is -2.30. The van der Waals surface area contributed by atoms with Crippen molar-refractivity contribution in [1.82, 2.24) is 0 Å². The first-order valence-corrected chi connectivity index (χ1v) is 7.95. The average molecular weight is 323 g/mol. The van der Waals surface area contributed by atoms with Crippen LogP contribution in [0, 0.1) is 0 Å². The van der Waals surface area contributed by atoms with E-state index in [9.17, 15) is 9.59 Å². The molecule has 24 heavy (non-hydrogen) atoms. The Hall–Kier alpha value is -2.62. The molecule has 0 N–H and O–H groups in total. The number of benzene rings is 2. The van der Waals surface area contributed by atoms with Gasteiger partial charge in [-0.05, 0) is 32.4 Å². The van der Waals surface area contributed by atoms with Gasteiger partial charge in [0.05, 0.1) is 0 Å². The molecule has 124 valence electrons. The number of fused-ring (bicyclic) bond motifs is 1. The number of hydrogen-bond acceptors (Lipinski definition) is 3. The highest BCUT2D eigenvalue weighted by molar-refractivity contribution is 6.23. The van der Waals surface area contributed by atoms with E-state index in [2.05, 4.69) is 0 Å². The highest BCUT2D eigenvalue weighted by atomic mass is 16.6. The van der Waals surface area contributed by atoms with Crippen molar-refractivity contribution in [2.75, 3.05) is 11.9 Å². The van der Waals surface area contributed by atoms with Crippen LogP contribution in [-0.2, 0) is 19.7 Å². The molecule has 1 atom stereocenters. The topological polar surface area (TPSA) is 46.6 Å². The molecule has 2 aromatic rings. The number of likely N-dealkylation sites (N-methyl/N-ethyl adjacent to an activating group) is 1. The summed E-state index contributed by atoms with van der Waals surface area (Å²) >= 11 is 0. The number of amides is 1. The highest BCUT2D eigenvalue weighted by Gasteiger charge is 2.58. The Balaban J connectivity index is 2.29. The first kappa shape index (κ1) is 16.2. The molecule has 1 aliphatic heterocycles. The third-order valence-corrected chi connectivity index (χ3v) is 4.21. The van der Waals surface area contributed by atoms with Crippen LogP contribution in [0.4, 0.5) is 5.69 Å². The molecule has 1 aliphatic rings. The van der Waals surface area contributed by atoms with Crippen molar-refractivity contribution in [3.63, 3.8) is 0 Å². The van der Waals surface area contributed by atoms with Crippen LogP contribution in [0.3, 0.4) is 0 Å². The standard InChI is InChI=1S/C20H21NO3/c1-19(2,3)24-18(23)20(14-10-6-5-7-11-14)15-12-8-9-13-16(15)21(4)17(20)22/h5-13H,1-4H3. The molecular formula is C20H21NO3. The van der Waals surface area contributed by atoms with E-state index < -0.39 is 17.0 Å². The zero-order valence-corrected chi connectivity index (χ0v) is 14.4. The largest absolute Gasteiger partial charge is 0.459 e. The lowest BCUT2D eigenvalue weighted by atomic mass is 9.75. The van der Waals surface area contributed by atoms with Crippen LogP contribution >= 0.6 is 0 Å². The molecule has 3 rings (SSSR count). The molecule has 0 aliphatic carbocycles. The van der Waals surface area contributed by atoms with Gasteiger partial charge in [0.15, 0.2) is 5.41 Å². The minimum Gasteiger partial charge on any atom is -0.459 e. The van der Waals surface area contributed by atoms with E-state index in [1.807, 2.05) is 42.5 Å². The fourth-order valence-corrected chi connectivity index (χ4v) is 3.20. The van der Waals surface area contributed by atoms with Gasteiger partial charge in [-0.2, -0.15) is 0 Å². The van der Waals surface area contributed by atoms with E-state index in [1.54, 1.807) is 40.0 Å². The van der Waals surface area contributed by atoms with Crippen LogP contribution in [0.25, 0.3) is 0 Å². The van der Waals surface area contributed by atoms with Crippen molar-refractivity contribution in [2.45, 2.75) is 31.8 Å². The first-order chi connectivity index (χ1) is 11.3. The number of carbonyl (C=O) groups is 2. The van der Waals surface area contributed by atoms with Crippen molar-refractivity contribution in [3.8, 4) is 0 Å². The Bertz CT molecular complexity index is 792. The second-order valence-corrected chi connectivity index (χ2v) is 7.00. The SMILES string of the molecule is CN1C(=O)C(C(=O)OC(C)(C)C)(c2ccccc2)c2ccccc21. The van der Waals surface area contributed by atoms with E-state index in [4.69, 9.17) is 4.74 Å². The van der Waals surface area contributed by atoms with Crippen LogP contribution in [0.15, 0.2) is 54.6 Å². The third kappa shape index (κ3) is 2.30. The summed E-state index contributed by atoms with van der Waals surface area (Å²) in [5, 5.41) is 0. The molecule has 0 radical (unpaired) electrons. The van der Waals surface area contributed by atoms with Gasteiger partial charge in [-0.1, -0.05) is 48.5 Å². The number of anilines is 1. The summed E-state index contributed by atoms with van der Waals surface area (Å²) in [6.45, 7) is 5.41. The zero-order chi connectivity index (χ0) is 17.5. The Morgan fingerprint density at radius 2 is 1.58 bits per heavy atom. The lowest BCUT2D eigenvalue weighted by molar-refractivity contribution is -0.162. The number of para-hydroxylation sites is 1. The van der Waals surface area contributed by atoms with Crippen molar-refractivity contribution >= 4 is 17.6 Å². The summed E-state index contributed by atoms with van der Waals surface area (Å²) in [4.78, 5) is 28.0. The van der Waals surface area contributed by atoms with Crippen LogP contribution in [0.5, 0.6) is 0 Å². The number of rotatable bonds is 2. The molecule has 1 amide bonds. The van der Waals surface area contributed by atoms with Gasteiger partial charge in [0, 0.05) is 18.3 Å². The van der Waals surface area contributed by atoms with E-state index in [0.29, 0.717) is 11.1 Å². The molecule has 4 heteroatoms. The van der Waals surface area contributed by atoms with E-state index in [1.165, 1.54) is 4.90 Å². The maximum Gasteiger partial charge on any atom is 0.331 e. The minimum absolute atomic E-state index is 0.288. The predicted molar refractivity (Wildman–Crippen MR) is 92.9 cm³/mol. The van der Waals surface area contributed by atoms with Crippen molar-refractivity contribution in [2.24, 2.45) is 0 Å². The van der Waals surface area contributed by atoms with Gasteiger partial charge in [0.1, 0.15) is 5.60 Å². The molecule has 0 saturated heterocycles. The van der Waals surface area contributed by atoms with Gasteiger partial charge in [-0.15, -0.1) is 0 Å². The van der Waals surface area contributed by atoms with Crippen molar-refractivity contribution < 1.29 is 14.3 Å². The normalized spacial score (nSPS) is 20.0. The van der Waals surface area contributed by atoms with Gasteiger partial charge in [-0.3, -0.25) is 9.59 Å².